The number of aryl methyl sites for hydroxylation is 2. The van der Waals surface area contributed by atoms with Crippen molar-refractivity contribution in [2.45, 2.75) is 33.2 Å². The van der Waals surface area contributed by atoms with Crippen LogP contribution in [0.25, 0.3) is 0 Å². The van der Waals surface area contributed by atoms with E-state index >= 15 is 0 Å². The molecule has 0 spiro atoms. The lowest BCUT2D eigenvalue weighted by Gasteiger charge is -2.27. The Morgan fingerprint density at radius 3 is 2.94 bits per heavy atom. The largest absolute Gasteiger partial charge is 0.349 e. The molecule has 2 aromatic heterocycles. The Bertz CT molecular complexity index is 543. The van der Waals surface area contributed by atoms with Crippen LogP contribution in [-0.2, 0) is 13.0 Å². The minimum Gasteiger partial charge on any atom is -0.349 e. The molecule has 0 aromatic carbocycles. The molecule has 0 bridgehead atoms. The Morgan fingerprint density at radius 1 is 1.28 bits per heavy atom. The summed E-state index contributed by atoms with van der Waals surface area (Å²) in [5.74, 6) is 1.08. The standard InChI is InChI=1S/C13H17N5/c1-9-6-15-11(7-14-9)8-18-5-3-4-12-10(2)16-17-13(12)18/h6-7H,3-5,8H2,1-2H3,(H,16,17). The molecule has 5 nitrogen and oxygen atoms in total. The molecule has 18 heavy (non-hydrogen) atoms. The van der Waals surface area contributed by atoms with Crippen LogP contribution in [0.4, 0.5) is 5.82 Å². The van der Waals surface area contributed by atoms with Gasteiger partial charge in [-0.3, -0.25) is 15.1 Å². The van der Waals surface area contributed by atoms with Crippen LogP contribution in [0.2, 0.25) is 0 Å². The van der Waals surface area contributed by atoms with E-state index in [1.54, 1.807) is 0 Å². The van der Waals surface area contributed by atoms with E-state index in [9.17, 15) is 0 Å². The Balaban J connectivity index is 1.84. The van der Waals surface area contributed by atoms with Gasteiger partial charge in [0.25, 0.3) is 0 Å². The Hall–Kier alpha value is -1.91. The van der Waals surface area contributed by atoms with E-state index in [2.05, 4.69) is 32.0 Å². The van der Waals surface area contributed by atoms with E-state index in [1.807, 2.05) is 19.3 Å². The van der Waals surface area contributed by atoms with Crippen LogP contribution in [0.1, 0.15) is 29.1 Å². The van der Waals surface area contributed by atoms with E-state index in [4.69, 9.17) is 0 Å². The van der Waals surface area contributed by atoms with Gasteiger partial charge in [-0.15, -0.1) is 0 Å². The van der Waals surface area contributed by atoms with Crippen LogP contribution >= 0.6 is 0 Å². The first-order valence-corrected chi connectivity index (χ1v) is 6.30. The molecule has 0 fully saturated rings. The first-order valence-electron chi connectivity index (χ1n) is 6.30. The van der Waals surface area contributed by atoms with Crippen molar-refractivity contribution in [2.75, 3.05) is 11.4 Å². The molecule has 0 unspecified atom stereocenters. The summed E-state index contributed by atoms with van der Waals surface area (Å²) in [6.45, 7) is 5.85. The molecule has 3 heterocycles. The van der Waals surface area contributed by atoms with E-state index in [0.717, 1.165) is 36.7 Å². The molecule has 0 atom stereocenters. The quantitative estimate of drug-likeness (QED) is 0.873. The van der Waals surface area contributed by atoms with Gasteiger partial charge in [0.1, 0.15) is 0 Å². The van der Waals surface area contributed by atoms with Gasteiger partial charge in [-0.1, -0.05) is 0 Å². The van der Waals surface area contributed by atoms with Crippen molar-refractivity contribution < 1.29 is 0 Å². The fourth-order valence-corrected chi connectivity index (χ4v) is 2.40. The van der Waals surface area contributed by atoms with E-state index in [-0.39, 0.29) is 0 Å². The number of rotatable bonds is 2. The van der Waals surface area contributed by atoms with Crippen molar-refractivity contribution in [1.82, 2.24) is 20.2 Å². The molecular formula is C13H17N5. The first kappa shape index (κ1) is 11.2. The highest BCUT2D eigenvalue weighted by Crippen LogP contribution is 2.27. The third-order valence-electron chi connectivity index (χ3n) is 3.39. The summed E-state index contributed by atoms with van der Waals surface area (Å²) in [6.07, 6.45) is 5.96. The Kier molecular flexibility index (Phi) is 2.74. The minimum atomic E-state index is 0.782. The molecule has 1 aliphatic rings. The molecule has 0 radical (unpaired) electrons. The molecule has 1 aliphatic heterocycles. The fraction of sp³-hybridized carbons (Fsp3) is 0.462. The molecule has 0 amide bonds. The number of nitrogens with one attached hydrogen (secondary N) is 1. The maximum absolute atomic E-state index is 4.41. The molecular weight excluding hydrogens is 226 g/mol. The highest BCUT2D eigenvalue weighted by atomic mass is 15.3. The van der Waals surface area contributed by atoms with Crippen molar-refractivity contribution in [1.29, 1.82) is 0 Å². The third kappa shape index (κ3) is 1.96. The summed E-state index contributed by atoms with van der Waals surface area (Å²) in [7, 11) is 0. The average Bonchev–Trinajstić information content (AvgIpc) is 2.76. The number of hydrogen-bond acceptors (Lipinski definition) is 4. The summed E-state index contributed by atoms with van der Waals surface area (Å²) in [5.41, 5.74) is 4.48. The smallest absolute Gasteiger partial charge is 0.154 e. The van der Waals surface area contributed by atoms with Gasteiger partial charge in [0.05, 0.1) is 24.1 Å². The average molecular weight is 243 g/mol. The third-order valence-corrected chi connectivity index (χ3v) is 3.39. The van der Waals surface area contributed by atoms with Crippen molar-refractivity contribution in [3.05, 3.63) is 35.0 Å². The molecule has 0 saturated heterocycles. The van der Waals surface area contributed by atoms with Crippen LogP contribution in [0, 0.1) is 13.8 Å². The van der Waals surface area contributed by atoms with Crippen LogP contribution in [-0.4, -0.2) is 26.7 Å². The van der Waals surface area contributed by atoms with Crippen molar-refractivity contribution >= 4 is 5.82 Å². The summed E-state index contributed by atoms with van der Waals surface area (Å²) in [5, 5.41) is 7.48. The number of fused-ring (bicyclic) bond motifs is 1. The van der Waals surface area contributed by atoms with Gasteiger partial charge in [-0.05, 0) is 26.7 Å². The van der Waals surface area contributed by atoms with Gasteiger partial charge in [-0.2, -0.15) is 5.10 Å². The zero-order chi connectivity index (χ0) is 12.5. The summed E-state index contributed by atoms with van der Waals surface area (Å²) in [4.78, 5) is 11.0. The zero-order valence-corrected chi connectivity index (χ0v) is 10.8. The van der Waals surface area contributed by atoms with Gasteiger partial charge in [0.15, 0.2) is 5.82 Å². The lowest BCUT2D eigenvalue weighted by molar-refractivity contribution is 0.673. The number of hydrogen-bond donors (Lipinski definition) is 1. The molecule has 5 heteroatoms. The van der Waals surface area contributed by atoms with Crippen molar-refractivity contribution in [3.8, 4) is 0 Å². The zero-order valence-electron chi connectivity index (χ0n) is 10.8. The number of aromatic nitrogens is 4. The van der Waals surface area contributed by atoms with Gasteiger partial charge in [-0.25, -0.2) is 0 Å². The Morgan fingerprint density at radius 2 is 2.17 bits per heavy atom. The maximum atomic E-state index is 4.41. The number of aromatic amines is 1. The lowest BCUT2D eigenvalue weighted by atomic mass is 10.1. The number of nitrogens with zero attached hydrogens (tertiary/aromatic N) is 4. The second-order valence-electron chi connectivity index (χ2n) is 4.82. The van der Waals surface area contributed by atoms with Gasteiger partial charge >= 0.3 is 0 Å². The normalized spacial score (nSPS) is 14.7. The SMILES string of the molecule is Cc1cnc(CN2CCCc3c2n[nH]c3C)cn1. The molecule has 94 valence electrons. The topological polar surface area (TPSA) is 57.7 Å². The molecule has 0 aliphatic carbocycles. The molecule has 1 N–H and O–H groups in total. The molecule has 3 rings (SSSR count). The number of H-pyrrole nitrogens is 1. The lowest BCUT2D eigenvalue weighted by Crippen LogP contribution is -2.29. The second-order valence-corrected chi connectivity index (χ2v) is 4.82. The summed E-state index contributed by atoms with van der Waals surface area (Å²) in [6, 6.07) is 0. The predicted molar refractivity (Wildman–Crippen MR) is 69.5 cm³/mol. The summed E-state index contributed by atoms with van der Waals surface area (Å²) >= 11 is 0. The van der Waals surface area contributed by atoms with Crippen LogP contribution in [0.5, 0.6) is 0 Å². The van der Waals surface area contributed by atoms with Crippen molar-refractivity contribution in [3.63, 3.8) is 0 Å². The Labute approximate surface area is 106 Å². The van der Waals surface area contributed by atoms with Crippen LogP contribution in [0.15, 0.2) is 12.4 Å². The minimum absolute atomic E-state index is 0.782. The van der Waals surface area contributed by atoms with Gasteiger partial charge < -0.3 is 4.90 Å². The number of anilines is 1. The van der Waals surface area contributed by atoms with E-state index in [0.29, 0.717) is 0 Å². The highest BCUT2D eigenvalue weighted by molar-refractivity contribution is 5.51. The second kappa shape index (κ2) is 4.40. The molecule has 0 saturated carbocycles. The van der Waals surface area contributed by atoms with Gasteiger partial charge in [0.2, 0.25) is 0 Å². The molecule has 2 aromatic rings. The van der Waals surface area contributed by atoms with E-state index < -0.39 is 0 Å². The van der Waals surface area contributed by atoms with Crippen LogP contribution in [0.3, 0.4) is 0 Å². The first-order chi connectivity index (χ1) is 8.74. The van der Waals surface area contributed by atoms with Crippen molar-refractivity contribution in [2.24, 2.45) is 0 Å². The van der Waals surface area contributed by atoms with E-state index in [1.165, 1.54) is 17.7 Å². The fourth-order valence-electron chi connectivity index (χ4n) is 2.40. The van der Waals surface area contributed by atoms with Gasteiger partial charge in [0, 0.05) is 24.0 Å². The maximum Gasteiger partial charge on any atom is 0.154 e. The highest BCUT2D eigenvalue weighted by Gasteiger charge is 2.21. The summed E-state index contributed by atoms with van der Waals surface area (Å²) < 4.78 is 0. The van der Waals surface area contributed by atoms with Crippen LogP contribution < -0.4 is 4.90 Å². The predicted octanol–water partition coefficient (Wildman–Crippen LogP) is 1.77. The monoisotopic (exact) mass is 243 g/mol.